The third-order valence-corrected chi connectivity index (χ3v) is 22.9. The number of nitrogens with zero attached hydrogens (tertiary/aromatic N) is 6. The zero-order chi connectivity index (χ0) is 69.2. The lowest BCUT2D eigenvalue weighted by molar-refractivity contribution is -0.455. The lowest BCUT2D eigenvalue weighted by atomic mass is 9.70. The van der Waals surface area contributed by atoms with Crippen LogP contribution in [0.4, 0.5) is 34.1 Å². The van der Waals surface area contributed by atoms with Crippen LogP contribution < -0.4 is 9.80 Å². The SMILES string of the molecule is CN1/C(=C/C=C/C2=[N+](Cc3ccc(C[N+]4=C(/C=C/C=C5/N(C)c6cc([N+](=O)[O-])c(Br)cc6C5(Cc5ccccc5)Cc5ccccc5)C(C)(C)c5c4ccc4ccccc54)cc3)c3ccc4ccccc4c3C2(C)C)C(Cc2ccccc2)(Cc2ccccc2)c2cc(Br)c([N+](=O)[O-])cc21. The monoisotopic (exact) mass is 1440 g/mol. The number of halogens is 2. The number of rotatable bonds is 18. The van der Waals surface area contributed by atoms with E-state index in [4.69, 9.17) is 0 Å². The fraction of sp³-hybridized carbons (Fsp3) is 0.182. The Morgan fingerprint density at radius 2 is 0.730 bits per heavy atom. The number of nitro benzene ring substituents is 2. The second kappa shape index (κ2) is 26.0. The molecule has 10 nitrogen and oxygen atoms in total. The number of nitro groups is 2. The molecule has 0 radical (unpaired) electrons. The van der Waals surface area contributed by atoms with Crippen LogP contribution in [-0.2, 0) is 60.4 Å². The van der Waals surface area contributed by atoms with Gasteiger partial charge in [-0.3, -0.25) is 20.2 Å². The molecule has 0 unspecified atom stereocenters. The molecule has 0 amide bonds. The van der Waals surface area contributed by atoms with E-state index in [2.05, 4.69) is 323 Å². The van der Waals surface area contributed by atoms with Crippen molar-refractivity contribution in [3.63, 3.8) is 0 Å². The molecule has 0 fully saturated rings. The number of anilines is 2. The van der Waals surface area contributed by atoms with Crippen molar-refractivity contribution in [3.8, 4) is 0 Å². The normalized spacial score (nSPS) is 17.0. The number of likely N-dealkylation sites (N-methyl/N-ethyl adjacent to an activating group) is 2. The number of allylic oxidation sites excluding steroid dienone is 8. The molecule has 0 bridgehead atoms. The van der Waals surface area contributed by atoms with Crippen molar-refractivity contribution in [2.24, 2.45) is 0 Å². The Morgan fingerprint density at radius 3 is 1.06 bits per heavy atom. The van der Waals surface area contributed by atoms with Gasteiger partial charge in [-0.1, -0.05) is 206 Å². The van der Waals surface area contributed by atoms with E-state index in [0.717, 1.165) is 45.3 Å². The summed E-state index contributed by atoms with van der Waals surface area (Å²) >= 11 is 7.30. The molecule has 11 aromatic carbocycles. The van der Waals surface area contributed by atoms with Crippen molar-refractivity contribution >= 4 is 99.0 Å². The fourth-order valence-electron chi connectivity index (χ4n) is 17.1. The molecule has 0 atom stereocenters. The van der Waals surface area contributed by atoms with Gasteiger partial charge in [-0.25, -0.2) is 0 Å². The van der Waals surface area contributed by atoms with Gasteiger partial charge >= 0.3 is 0 Å². The van der Waals surface area contributed by atoms with Gasteiger partial charge in [-0.2, -0.15) is 9.15 Å². The van der Waals surface area contributed by atoms with Crippen LogP contribution in [0.5, 0.6) is 0 Å². The van der Waals surface area contributed by atoms with Gasteiger partial charge < -0.3 is 9.80 Å². The van der Waals surface area contributed by atoms with Crippen molar-refractivity contribution in [1.82, 2.24) is 0 Å². The van der Waals surface area contributed by atoms with Crippen LogP contribution in [0.15, 0.2) is 299 Å². The quantitative estimate of drug-likeness (QED) is 0.0482. The van der Waals surface area contributed by atoms with Crippen LogP contribution in [0.2, 0.25) is 0 Å². The van der Waals surface area contributed by atoms with Crippen LogP contribution in [0.3, 0.4) is 0 Å². The van der Waals surface area contributed by atoms with E-state index in [1.165, 1.54) is 77.4 Å². The van der Waals surface area contributed by atoms with Crippen LogP contribution >= 0.6 is 31.9 Å². The zero-order valence-corrected chi connectivity index (χ0v) is 60.0. The Bertz CT molecular complexity index is 4900. The topological polar surface area (TPSA) is 98.8 Å². The first-order valence-corrected chi connectivity index (χ1v) is 35.7. The molecule has 0 N–H and O–H groups in total. The molecule has 11 aromatic rings. The average molecular weight is 1440 g/mol. The van der Waals surface area contributed by atoms with Crippen molar-refractivity contribution in [1.29, 1.82) is 0 Å². The van der Waals surface area contributed by atoms with Gasteiger partial charge in [0.05, 0.1) is 41.0 Å². The van der Waals surface area contributed by atoms with Crippen LogP contribution in [0.25, 0.3) is 21.5 Å². The number of hydrogen-bond acceptors (Lipinski definition) is 6. The molecule has 0 aromatic heterocycles. The van der Waals surface area contributed by atoms with E-state index in [0.29, 0.717) is 47.7 Å². The minimum atomic E-state index is -0.594. The second-order valence-corrected chi connectivity index (χ2v) is 30.0. The van der Waals surface area contributed by atoms with Crippen LogP contribution in [0.1, 0.15) is 83.3 Å². The van der Waals surface area contributed by atoms with Crippen LogP contribution in [0, 0.1) is 20.2 Å². The Labute approximate surface area is 601 Å². The highest BCUT2D eigenvalue weighted by Crippen LogP contribution is 2.56. The third-order valence-electron chi connectivity index (χ3n) is 21.6. The summed E-state index contributed by atoms with van der Waals surface area (Å²) in [5.74, 6) is 0. The van der Waals surface area contributed by atoms with E-state index >= 15 is 0 Å². The summed E-state index contributed by atoms with van der Waals surface area (Å²) in [5, 5.41) is 30.0. The first-order valence-electron chi connectivity index (χ1n) is 34.1. The first-order chi connectivity index (χ1) is 48.3. The van der Waals surface area contributed by atoms with Gasteiger partial charge in [0.25, 0.3) is 11.4 Å². The Kier molecular flexibility index (Phi) is 17.1. The molecule has 0 saturated heterocycles. The van der Waals surface area contributed by atoms with E-state index in [1.807, 2.05) is 36.4 Å². The highest BCUT2D eigenvalue weighted by molar-refractivity contribution is 9.11. The summed E-state index contributed by atoms with van der Waals surface area (Å²) < 4.78 is 5.93. The van der Waals surface area contributed by atoms with Gasteiger partial charge in [0, 0.05) is 95.0 Å². The Hall–Kier alpha value is -10.4. The number of benzene rings is 11. The smallest absolute Gasteiger partial charge is 0.285 e. The van der Waals surface area contributed by atoms with Gasteiger partial charge in [0.15, 0.2) is 24.5 Å². The molecule has 0 spiro atoms. The molecule has 0 aliphatic carbocycles. The molecule has 0 saturated carbocycles. The molecule has 4 aliphatic heterocycles. The van der Waals surface area contributed by atoms with E-state index in [1.54, 1.807) is 12.1 Å². The summed E-state index contributed by atoms with van der Waals surface area (Å²) in [5.41, 5.74) is 18.2. The van der Waals surface area contributed by atoms with Crippen molar-refractivity contribution in [3.05, 3.63) is 375 Å². The van der Waals surface area contributed by atoms with E-state index in [9.17, 15) is 20.2 Å². The standard InChI is InChI=1S/C88H76Br2N6O4/c1-85(2)79(37-23-39-81-87(53-59-25-11-7-12-26-59,54-60-27-13-8-14-28-60)69-49-71(89)77(95(97)98)51-75(69)91(81)5)93(73-47-45-65-33-19-21-35-67(65)83(73)85)57-63-41-43-64(44-42-63)58-94-74-48-46-66-34-20-22-36-68(66)84(74)86(3,4)80(94)38-24-40-82-88(55-61-29-15-9-16-30-61,56-62-31-17-10-18-32-62)70-50-72(90)78(96(99)100)52-76(70)92(82)6/h7-52H,53-58H2,1-6H3/q+2. The molecular weight excluding hydrogens is 1360 g/mol. The van der Waals surface area contributed by atoms with Crippen molar-refractivity contribution < 1.29 is 19.0 Å². The maximum atomic E-state index is 12.6. The molecule has 494 valence electrons. The molecular formula is C88H76Br2N6O4+2. The molecule has 4 aliphatic rings. The van der Waals surface area contributed by atoms with Crippen LogP contribution in [-0.4, -0.2) is 44.5 Å². The van der Waals surface area contributed by atoms with Gasteiger partial charge in [-0.05, 0) is 177 Å². The number of fused-ring (bicyclic) bond motifs is 8. The summed E-state index contributed by atoms with van der Waals surface area (Å²) in [4.78, 5) is 28.9. The summed E-state index contributed by atoms with van der Waals surface area (Å²) in [6.45, 7) is 10.6. The lowest BCUT2D eigenvalue weighted by Crippen LogP contribution is -2.34. The average Bonchev–Trinajstić information content (AvgIpc) is 1.60. The molecule has 4 heterocycles. The van der Waals surface area contributed by atoms with Crippen molar-refractivity contribution in [2.75, 3.05) is 23.9 Å². The zero-order valence-electron chi connectivity index (χ0n) is 56.9. The number of hydrogen-bond donors (Lipinski definition) is 0. The summed E-state index contributed by atoms with van der Waals surface area (Å²) in [6.07, 6.45) is 16.3. The highest BCUT2D eigenvalue weighted by Gasteiger charge is 2.51. The van der Waals surface area contributed by atoms with Gasteiger partial charge in [0.2, 0.25) is 11.4 Å². The fourth-order valence-corrected chi connectivity index (χ4v) is 18.0. The van der Waals surface area contributed by atoms with E-state index in [-0.39, 0.29) is 21.2 Å². The minimum Gasteiger partial charge on any atom is -0.347 e. The summed E-state index contributed by atoms with van der Waals surface area (Å²) in [6, 6.07) is 85.5. The largest absolute Gasteiger partial charge is 0.347 e. The van der Waals surface area contributed by atoms with Gasteiger partial charge in [-0.15, -0.1) is 0 Å². The molecule has 12 heteroatoms. The summed E-state index contributed by atoms with van der Waals surface area (Å²) in [7, 11) is 4.10. The first kappa shape index (κ1) is 65.5. The van der Waals surface area contributed by atoms with Crippen molar-refractivity contribution in [2.45, 2.75) is 88.1 Å². The predicted octanol–water partition coefficient (Wildman–Crippen LogP) is 21.1. The Morgan fingerprint density at radius 1 is 0.410 bits per heavy atom. The van der Waals surface area contributed by atoms with Gasteiger partial charge in [0.1, 0.15) is 0 Å². The maximum absolute atomic E-state index is 12.6. The third kappa shape index (κ3) is 11.4. The predicted molar refractivity (Wildman–Crippen MR) is 414 cm³/mol. The molecule has 15 rings (SSSR count). The minimum absolute atomic E-state index is 0.0330. The Balaban J connectivity index is 0.822. The highest BCUT2D eigenvalue weighted by atomic mass is 79.9. The second-order valence-electron chi connectivity index (χ2n) is 28.3. The van der Waals surface area contributed by atoms with E-state index < -0.39 is 21.7 Å². The maximum Gasteiger partial charge on any atom is 0.285 e. The lowest BCUT2D eigenvalue weighted by Gasteiger charge is -2.33. The molecule has 100 heavy (non-hydrogen) atoms.